The van der Waals surface area contributed by atoms with Crippen molar-refractivity contribution in [1.29, 1.82) is 0 Å². The number of rotatable bonds is 5. The number of benzene rings is 2. The molecule has 2 atom stereocenters. The van der Waals surface area contributed by atoms with Crippen molar-refractivity contribution in [2.24, 2.45) is 21.4 Å². The molecule has 2 aromatic carbocycles. The van der Waals surface area contributed by atoms with Gasteiger partial charge < -0.3 is 10.2 Å². The first kappa shape index (κ1) is 24.2. The van der Waals surface area contributed by atoms with Crippen LogP contribution in [0.4, 0.5) is 11.4 Å². The predicted octanol–water partition coefficient (Wildman–Crippen LogP) is 6.27. The van der Waals surface area contributed by atoms with Gasteiger partial charge in [0.05, 0.1) is 31.7 Å². The fourth-order valence-electron chi connectivity index (χ4n) is 5.22. The zero-order chi connectivity index (χ0) is 24.9. The molecule has 0 heterocycles. The molecule has 0 radical (unpaired) electrons. The molecule has 0 aromatic heterocycles. The number of nitrogens with one attached hydrogen (secondary N) is 1. The Morgan fingerprint density at radius 2 is 1.74 bits per heavy atom. The van der Waals surface area contributed by atoms with Crippen molar-refractivity contribution in [2.75, 3.05) is 5.32 Å². The van der Waals surface area contributed by atoms with Crippen molar-refractivity contribution < 1.29 is 19.3 Å². The van der Waals surface area contributed by atoms with E-state index in [1.807, 2.05) is 20.8 Å². The lowest BCUT2D eigenvalue weighted by Crippen LogP contribution is -2.43. The number of hydrogen-bond acceptors (Lipinski definition) is 6. The number of nitrogens with zero attached hydrogens (tertiary/aromatic N) is 2. The number of nitro benzene ring substituents is 1. The van der Waals surface area contributed by atoms with Gasteiger partial charge in [0.1, 0.15) is 0 Å². The third kappa shape index (κ3) is 3.65. The standard InChI is InChI=1S/C24H23Cl2N3O5/c1-22(2)23(3)10-11-24(22,21(31)27-15-6-9-17(25)18(26)12-15)13-19(23)28-34-20(30)14-4-7-16(8-5-14)29(32)33/h4-9,12H,10-11,13H2,1-3H3,(H,27,31)/b28-19-. The van der Waals surface area contributed by atoms with Crippen molar-refractivity contribution in [3.05, 3.63) is 68.2 Å². The number of non-ortho nitro benzene ring substituents is 1. The van der Waals surface area contributed by atoms with Crippen molar-refractivity contribution in [1.82, 2.24) is 0 Å². The van der Waals surface area contributed by atoms with Gasteiger partial charge in [-0.2, -0.15) is 0 Å². The van der Waals surface area contributed by atoms with Crippen LogP contribution in [0.1, 0.15) is 50.4 Å². The van der Waals surface area contributed by atoms with E-state index >= 15 is 0 Å². The summed E-state index contributed by atoms with van der Waals surface area (Å²) >= 11 is 12.1. The van der Waals surface area contributed by atoms with Gasteiger partial charge in [0.25, 0.3) is 5.69 Å². The summed E-state index contributed by atoms with van der Waals surface area (Å²) < 4.78 is 0. The minimum absolute atomic E-state index is 0.125. The Balaban J connectivity index is 1.56. The molecule has 178 valence electrons. The van der Waals surface area contributed by atoms with E-state index < -0.39 is 27.1 Å². The highest BCUT2D eigenvalue weighted by molar-refractivity contribution is 6.42. The SMILES string of the molecule is CC12CCC(C(=O)Nc3ccc(Cl)c(Cl)c3)(C/C1=N/OC(=O)c1ccc([N+](=O)[O-])cc1)C2(C)C. The molecule has 2 unspecified atom stereocenters. The number of carbonyl (C=O) groups excluding carboxylic acids is 2. The smallest absolute Gasteiger partial charge is 0.326 e. The number of nitro groups is 1. The fraction of sp³-hybridized carbons (Fsp3) is 0.375. The van der Waals surface area contributed by atoms with Gasteiger partial charge in [-0.25, -0.2) is 4.79 Å². The van der Waals surface area contributed by atoms with Crippen LogP contribution in [0.2, 0.25) is 10.0 Å². The molecule has 2 aliphatic rings. The molecule has 2 aliphatic carbocycles. The van der Waals surface area contributed by atoms with E-state index in [1.165, 1.54) is 24.3 Å². The Morgan fingerprint density at radius 1 is 1.06 bits per heavy atom. The molecule has 0 saturated heterocycles. The quantitative estimate of drug-likeness (QED) is 0.293. The van der Waals surface area contributed by atoms with Crippen LogP contribution in [-0.4, -0.2) is 22.5 Å². The second-order valence-corrected chi connectivity index (χ2v) is 10.3. The first-order valence-corrected chi connectivity index (χ1v) is 11.5. The molecular weight excluding hydrogens is 481 g/mol. The maximum Gasteiger partial charge on any atom is 0.365 e. The van der Waals surface area contributed by atoms with Crippen LogP contribution in [-0.2, 0) is 9.63 Å². The molecule has 2 fully saturated rings. The van der Waals surface area contributed by atoms with Crippen LogP contribution < -0.4 is 5.32 Å². The van der Waals surface area contributed by atoms with E-state index in [-0.39, 0.29) is 17.2 Å². The second-order valence-electron chi connectivity index (χ2n) is 9.52. The zero-order valence-electron chi connectivity index (χ0n) is 18.9. The van der Waals surface area contributed by atoms with E-state index in [4.69, 9.17) is 28.0 Å². The maximum absolute atomic E-state index is 13.5. The summed E-state index contributed by atoms with van der Waals surface area (Å²) in [6.07, 6.45) is 1.72. The summed E-state index contributed by atoms with van der Waals surface area (Å²) in [4.78, 5) is 41.5. The first-order chi connectivity index (χ1) is 15.9. The monoisotopic (exact) mass is 503 g/mol. The predicted molar refractivity (Wildman–Crippen MR) is 129 cm³/mol. The average molecular weight is 504 g/mol. The van der Waals surface area contributed by atoms with Crippen LogP contribution in [0.25, 0.3) is 0 Å². The van der Waals surface area contributed by atoms with E-state index in [1.54, 1.807) is 18.2 Å². The highest BCUT2D eigenvalue weighted by Crippen LogP contribution is 2.71. The zero-order valence-corrected chi connectivity index (χ0v) is 20.4. The Bertz CT molecular complexity index is 1230. The highest BCUT2D eigenvalue weighted by Gasteiger charge is 2.71. The van der Waals surface area contributed by atoms with E-state index in [2.05, 4.69) is 10.5 Å². The van der Waals surface area contributed by atoms with Crippen molar-refractivity contribution >= 4 is 52.2 Å². The van der Waals surface area contributed by atoms with Gasteiger partial charge in [-0.15, -0.1) is 0 Å². The lowest BCUT2D eigenvalue weighted by atomic mass is 9.64. The summed E-state index contributed by atoms with van der Waals surface area (Å²) in [5, 5.41) is 18.7. The molecule has 0 aliphatic heterocycles. The van der Waals surface area contributed by atoms with E-state index in [0.717, 1.165) is 0 Å². The van der Waals surface area contributed by atoms with Crippen LogP contribution in [0, 0.1) is 26.4 Å². The Labute approximate surface area is 206 Å². The minimum Gasteiger partial charge on any atom is -0.326 e. The highest BCUT2D eigenvalue weighted by atomic mass is 35.5. The van der Waals surface area contributed by atoms with Crippen LogP contribution >= 0.6 is 23.2 Å². The van der Waals surface area contributed by atoms with Gasteiger partial charge in [0.2, 0.25) is 5.91 Å². The van der Waals surface area contributed by atoms with Gasteiger partial charge >= 0.3 is 5.97 Å². The molecule has 4 rings (SSSR count). The number of amides is 1. The molecule has 8 nitrogen and oxygen atoms in total. The number of anilines is 1. The van der Waals surface area contributed by atoms with Crippen LogP contribution in [0.3, 0.4) is 0 Å². The second kappa shape index (κ2) is 8.36. The molecule has 10 heteroatoms. The lowest BCUT2D eigenvalue weighted by Gasteiger charge is -2.39. The number of fused-ring (bicyclic) bond motifs is 2. The van der Waals surface area contributed by atoms with Crippen molar-refractivity contribution in [3.8, 4) is 0 Å². The molecule has 1 N–H and O–H groups in total. The molecule has 2 aromatic rings. The van der Waals surface area contributed by atoms with Crippen molar-refractivity contribution in [3.63, 3.8) is 0 Å². The number of halogens is 2. The van der Waals surface area contributed by atoms with E-state index in [9.17, 15) is 19.7 Å². The van der Waals surface area contributed by atoms with Crippen LogP contribution in [0.15, 0.2) is 47.6 Å². The lowest BCUT2D eigenvalue weighted by molar-refractivity contribution is -0.384. The normalized spacial score (nSPS) is 25.9. The minimum atomic E-state index is -0.744. The molecule has 2 bridgehead atoms. The van der Waals surface area contributed by atoms with Gasteiger partial charge in [-0.05, 0) is 48.6 Å². The summed E-state index contributed by atoms with van der Waals surface area (Å²) in [7, 11) is 0. The molecular formula is C24H23Cl2N3O5. The van der Waals surface area contributed by atoms with Crippen LogP contribution in [0.5, 0.6) is 0 Å². The largest absolute Gasteiger partial charge is 0.365 e. The van der Waals surface area contributed by atoms with Gasteiger partial charge in [-0.1, -0.05) is 49.1 Å². The van der Waals surface area contributed by atoms with Gasteiger partial charge in [0.15, 0.2) is 0 Å². The van der Waals surface area contributed by atoms with Gasteiger partial charge in [-0.3, -0.25) is 14.9 Å². The molecule has 2 saturated carbocycles. The van der Waals surface area contributed by atoms with E-state index in [0.29, 0.717) is 40.7 Å². The Morgan fingerprint density at radius 3 is 2.35 bits per heavy atom. The number of hydrogen-bond donors (Lipinski definition) is 1. The molecule has 1 amide bonds. The summed E-state index contributed by atoms with van der Waals surface area (Å²) in [6, 6.07) is 10.0. The number of carbonyl (C=O) groups is 2. The van der Waals surface area contributed by atoms with Crippen molar-refractivity contribution in [2.45, 2.75) is 40.0 Å². The summed E-state index contributed by atoms with van der Waals surface area (Å²) in [5.41, 5.74) is -0.436. The first-order valence-electron chi connectivity index (χ1n) is 10.7. The maximum atomic E-state index is 13.5. The average Bonchev–Trinajstić information content (AvgIpc) is 3.10. The number of oxime groups is 1. The topological polar surface area (TPSA) is 111 Å². The van der Waals surface area contributed by atoms with Gasteiger partial charge in [0, 0.05) is 29.7 Å². The molecule has 0 spiro atoms. The fourth-order valence-corrected chi connectivity index (χ4v) is 5.51. The third-order valence-electron chi connectivity index (χ3n) is 7.90. The summed E-state index contributed by atoms with van der Waals surface area (Å²) in [5.74, 6) is -0.868. The Kier molecular flexibility index (Phi) is 5.94. The third-order valence-corrected chi connectivity index (χ3v) is 8.64. The molecule has 34 heavy (non-hydrogen) atoms. The summed E-state index contributed by atoms with van der Waals surface area (Å²) in [6.45, 7) is 6.11. The Hall–Kier alpha value is -2.97.